The van der Waals surface area contributed by atoms with Crippen molar-refractivity contribution in [2.75, 3.05) is 0 Å². The Labute approximate surface area is 90.6 Å². The van der Waals surface area contributed by atoms with Crippen LogP contribution in [0.15, 0.2) is 36.8 Å². The summed E-state index contributed by atoms with van der Waals surface area (Å²) in [4.78, 5) is 4.17. The largest absolute Gasteiger partial charge is 0.303 e. The average molecular weight is 200 g/mol. The number of rotatable bonds is 3. The highest BCUT2D eigenvalue weighted by molar-refractivity contribution is 5.36. The smallest absolute Gasteiger partial charge is 0.0994 e. The van der Waals surface area contributed by atoms with Gasteiger partial charge in [0.2, 0.25) is 0 Å². The van der Waals surface area contributed by atoms with Crippen LogP contribution >= 0.6 is 0 Å². The van der Waals surface area contributed by atoms with E-state index in [1.807, 2.05) is 12.5 Å². The molecule has 2 aromatic rings. The van der Waals surface area contributed by atoms with E-state index in [4.69, 9.17) is 0 Å². The van der Waals surface area contributed by atoms with Gasteiger partial charge in [0.25, 0.3) is 0 Å². The summed E-state index contributed by atoms with van der Waals surface area (Å²) >= 11 is 0. The molecule has 0 aliphatic rings. The third-order valence-corrected chi connectivity index (χ3v) is 2.70. The van der Waals surface area contributed by atoms with E-state index in [9.17, 15) is 0 Å². The molecule has 0 unspecified atom stereocenters. The van der Waals surface area contributed by atoms with Crippen molar-refractivity contribution < 1.29 is 0 Å². The van der Waals surface area contributed by atoms with Gasteiger partial charge in [-0.1, -0.05) is 26.0 Å². The van der Waals surface area contributed by atoms with Gasteiger partial charge in [-0.15, -0.1) is 0 Å². The highest BCUT2D eigenvalue weighted by Gasteiger charge is 2.01. The lowest BCUT2D eigenvalue weighted by Gasteiger charge is -2.07. The molecule has 2 nitrogen and oxygen atoms in total. The molecule has 0 saturated heterocycles. The predicted octanol–water partition coefficient (Wildman–Crippen LogP) is 3.00. The molecule has 78 valence electrons. The van der Waals surface area contributed by atoms with Crippen molar-refractivity contribution in [3.8, 4) is 5.69 Å². The van der Waals surface area contributed by atoms with Crippen LogP contribution in [0.25, 0.3) is 5.69 Å². The van der Waals surface area contributed by atoms with Crippen LogP contribution in [0.3, 0.4) is 0 Å². The van der Waals surface area contributed by atoms with Crippen molar-refractivity contribution in [1.29, 1.82) is 0 Å². The van der Waals surface area contributed by atoms with Crippen LogP contribution in [0.4, 0.5) is 0 Å². The highest BCUT2D eigenvalue weighted by Crippen LogP contribution is 2.13. The molecule has 0 fully saturated rings. The van der Waals surface area contributed by atoms with E-state index in [0.717, 1.165) is 12.8 Å². The summed E-state index contributed by atoms with van der Waals surface area (Å²) in [5.41, 5.74) is 3.82. The van der Waals surface area contributed by atoms with E-state index in [2.05, 4.69) is 47.7 Å². The van der Waals surface area contributed by atoms with Crippen LogP contribution in [0.5, 0.6) is 0 Å². The molecule has 0 aliphatic carbocycles. The van der Waals surface area contributed by atoms with Gasteiger partial charge in [-0.3, -0.25) is 0 Å². The average Bonchev–Trinajstić information content (AvgIpc) is 2.77. The molecule has 2 rings (SSSR count). The number of aryl methyl sites for hydroxylation is 2. The maximum absolute atomic E-state index is 4.17. The molecule has 0 saturated carbocycles. The van der Waals surface area contributed by atoms with Gasteiger partial charge in [0.05, 0.1) is 6.33 Å². The number of hydrogen-bond acceptors (Lipinski definition) is 1. The molecule has 0 atom stereocenters. The van der Waals surface area contributed by atoms with E-state index < -0.39 is 0 Å². The SMILES string of the molecule is CCc1ccc(-n2cncc2CC)cc1. The summed E-state index contributed by atoms with van der Waals surface area (Å²) in [7, 11) is 0. The van der Waals surface area contributed by atoms with E-state index in [-0.39, 0.29) is 0 Å². The van der Waals surface area contributed by atoms with E-state index in [0.29, 0.717) is 0 Å². The number of benzene rings is 1. The van der Waals surface area contributed by atoms with E-state index >= 15 is 0 Å². The summed E-state index contributed by atoms with van der Waals surface area (Å²) < 4.78 is 2.14. The fraction of sp³-hybridized carbons (Fsp3) is 0.308. The quantitative estimate of drug-likeness (QED) is 0.744. The molecular weight excluding hydrogens is 184 g/mol. The third-order valence-electron chi connectivity index (χ3n) is 2.70. The van der Waals surface area contributed by atoms with Gasteiger partial charge in [-0.05, 0) is 30.5 Å². The molecule has 1 heterocycles. The molecular formula is C13H16N2. The Morgan fingerprint density at radius 2 is 1.80 bits per heavy atom. The van der Waals surface area contributed by atoms with Gasteiger partial charge >= 0.3 is 0 Å². The van der Waals surface area contributed by atoms with Crippen molar-refractivity contribution in [2.45, 2.75) is 26.7 Å². The fourth-order valence-corrected chi connectivity index (χ4v) is 1.71. The Kier molecular flexibility index (Phi) is 2.86. The van der Waals surface area contributed by atoms with Gasteiger partial charge in [0, 0.05) is 17.6 Å². The van der Waals surface area contributed by atoms with Crippen molar-refractivity contribution in [2.24, 2.45) is 0 Å². The van der Waals surface area contributed by atoms with Crippen molar-refractivity contribution in [3.05, 3.63) is 48.0 Å². The maximum atomic E-state index is 4.17. The lowest BCUT2D eigenvalue weighted by atomic mass is 10.1. The van der Waals surface area contributed by atoms with Crippen molar-refractivity contribution >= 4 is 0 Å². The molecule has 1 aromatic heterocycles. The summed E-state index contributed by atoms with van der Waals surface area (Å²) in [5, 5.41) is 0. The predicted molar refractivity (Wildman–Crippen MR) is 62.3 cm³/mol. The molecule has 2 heteroatoms. The molecule has 1 aromatic carbocycles. The Morgan fingerprint density at radius 1 is 1.07 bits per heavy atom. The van der Waals surface area contributed by atoms with Crippen molar-refractivity contribution in [3.63, 3.8) is 0 Å². The normalized spacial score (nSPS) is 10.5. The van der Waals surface area contributed by atoms with Gasteiger partial charge < -0.3 is 4.57 Å². The minimum absolute atomic E-state index is 1.01. The first-order valence-electron chi connectivity index (χ1n) is 5.45. The zero-order chi connectivity index (χ0) is 10.7. The van der Waals surface area contributed by atoms with Crippen LogP contribution in [-0.2, 0) is 12.8 Å². The monoisotopic (exact) mass is 200 g/mol. The molecule has 0 aliphatic heterocycles. The summed E-state index contributed by atoms with van der Waals surface area (Å²) in [6.45, 7) is 4.32. The minimum Gasteiger partial charge on any atom is -0.303 e. The summed E-state index contributed by atoms with van der Waals surface area (Å²) in [6.07, 6.45) is 5.90. The zero-order valence-electron chi connectivity index (χ0n) is 9.27. The Balaban J connectivity index is 2.37. The molecule has 0 amide bonds. The Morgan fingerprint density at radius 3 is 2.40 bits per heavy atom. The van der Waals surface area contributed by atoms with E-state index in [1.165, 1.54) is 16.9 Å². The van der Waals surface area contributed by atoms with Crippen LogP contribution in [-0.4, -0.2) is 9.55 Å². The Hall–Kier alpha value is -1.57. The number of aromatic nitrogens is 2. The molecule has 0 spiro atoms. The number of nitrogens with zero attached hydrogens (tertiary/aromatic N) is 2. The Bertz CT molecular complexity index is 426. The molecule has 0 radical (unpaired) electrons. The van der Waals surface area contributed by atoms with Gasteiger partial charge in [0.15, 0.2) is 0 Å². The van der Waals surface area contributed by atoms with Gasteiger partial charge in [-0.2, -0.15) is 0 Å². The highest BCUT2D eigenvalue weighted by atomic mass is 15.0. The van der Waals surface area contributed by atoms with E-state index in [1.54, 1.807) is 0 Å². The second-order valence-electron chi connectivity index (χ2n) is 3.63. The first kappa shape index (κ1) is 9.97. The molecule has 0 bridgehead atoms. The lowest BCUT2D eigenvalue weighted by Crippen LogP contribution is -1.97. The van der Waals surface area contributed by atoms with Gasteiger partial charge in [-0.25, -0.2) is 4.98 Å². The number of imidazole rings is 1. The second kappa shape index (κ2) is 4.30. The topological polar surface area (TPSA) is 17.8 Å². The molecule has 0 N–H and O–H groups in total. The first-order chi connectivity index (χ1) is 7.35. The maximum Gasteiger partial charge on any atom is 0.0994 e. The first-order valence-corrected chi connectivity index (χ1v) is 5.45. The fourth-order valence-electron chi connectivity index (χ4n) is 1.71. The third kappa shape index (κ3) is 1.94. The van der Waals surface area contributed by atoms with Crippen LogP contribution < -0.4 is 0 Å². The van der Waals surface area contributed by atoms with Crippen molar-refractivity contribution in [1.82, 2.24) is 9.55 Å². The second-order valence-corrected chi connectivity index (χ2v) is 3.63. The standard InChI is InChI=1S/C13H16N2/c1-3-11-5-7-13(8-6-11)15-10-14-9-12(15)4-2/h5-10H,3-4H2,1-2H3. The van der Waals surface area contributed by atoms with Crippen LogP contribution in [0.2, 0.25) is 0 Å². The summed E-state index contributed by atoms with van der Waals surface area (Å²) in [6, 6.07) is 8.66. The minimum atomic E-state index is 1.01. The van der Waals surface area contributed by atoms with Crippen LogP contribution in [0.1, 0.15) is 25.1 Å². The molecule has 15 heavy (non-hydrogen) atoms. The van der Waals surface area contributed by atoms with Crippen LogP contribution in [0, 0.1) is 0 Å². The lowest BCUT2D eigenvalue weighted by molar-refractivity contribution is 0.932. The number of hydrogen-bond donors (Lipinski definition) is 0. The summed E-state index contributed by atoms with van der Waals surface area (Å²) in [5.74, 6) is 0. The van der Waals surface area contributed by atoms with Gasteiger partial charge in [0.1, 0.15) is 0 Å². The zero-order valence-corrected chi connectivity index (χ0v) is 9.27.